The van der Waals surface area contributed by atoms with Gasteiger partial charge in [-0.25, -0.2) is 9.78 Å². The van der Waals surface area contributed by atoms with Crippen molar-refractivity contribution in [1.29, 1.82) is 0 Å². The van der Waals surface area contributed by atoms with Crippen LogP contribution in [0.1, 0.15) is 32.9 Å². The standard InChI is InChI=1S/C18H29N7O6/c1-8(2)14(20)17(29)23-9(3)15(27)24-11(5-13(19)26)16(28)25-12(18(30)31)4-10-6-21-7-22-10/h6-9,11-12,14H,4-5,20H2,1-3H3,(H2,19,26)(H,21,22)(H,23,29)(H,24,27)(H,25,28)(H,30,31). The molecule has 1 heterocycles. The number of carboxylic acids is 1. The fraction of sp³-hybridized carbons (Fsp3) is 0.556. The van der Waals surface area contributed by atoms with Crippen LogP contribution in [-0.4, -0.2) is 68.8 Å². The summed E-state index contributed by atoms with van der Waals surface area (Å²) in [6.45, 7) is 4.85. The molecule has 172 valence electrons. The number of carboxylic acid groups (broad SMARTS) is 1. The summed E-state index contributed by atoms with van der Waals surface area (Å²) in [5.41, 5.74) is 11.3. The number of imidazole rings is 1. The number of nitrogens with two attached hydrogens (primary N) is 2. The molecule has 0 spiro atoms. The van der Waals surface area contributed by atoms with E-state index < -0.39 is 60.2 Å². The van der Waals surface area contributed by atoms with Gasteiger partial charge in [-0.1, -0.05) is 13.8 Å². The fourth-order valence-electron chi connectivity index (χ4n) is 2.47. The largest absolute Gasteiger partial charge is 0.480 e. The lowest BCUT2D eigenvalue weighted by molar-refractivity contribution is -0.142. The number of H-pyrrole nitrogens is 1. The lowest BCUT2D eigenvalue weighted by atomic mass is 10.0. The fourth-order valence-corrected chi connectivity index (χ4v) is 2.47. The molecule has 1 aromatic rings. The highest BCUT2D eigenvalue weighted by atomic mass is 16.4. The van der Waals surface area contributed by atoms with E-state index in [4.69, 9.17) is 11.5 Å². The summed E-state index contributed by atoms with van der Waals surface area (Å²) in [6.07, 6.45) is 2.09. The maximum Gasteiger partial charge on any atom is 0.326 e. The number of primary amides is 1. The minimum atomic E-state index is -1.44. The Morgan fingerprint density at radius 1 is 1.03 bits per heavy atom. The third-order valence-electron chi connectivity index (χ3n) is 4.40. The molecule has 0 fully saturated rings. The van der Waals surface area contributed by atoms with Crippen LogP contribution in [0.3, 0.4) is 0 Å². The Hall–Kier alpha value is -3.48. The average molecular weight is 439 g/mol. The molecule has 13 nitrogen and oxygen atoms in total. The van der Waals surface area contributed by atoms with Gasteiger partial charge in [0, 0.05) is 18.3 Å². The maximum atomic E-state index is 12.6. The summed E-state index contributed by atoms with van der Waals surface area (Å²) in [6, 6.07) is -4.69. The monoisotopic (exact) mass is 439 g/mol. The molecule has 1 aromatic heterocycles. The van der Waals surface area contributed by atoms with E-state index in [2.05, 4.69) is 25.9 Å². The molecule has 4 unspecified atom stereocenters. The Morgan fingerprint density at radius 2 is 1.65 bits per heavy atom. The van der Waals surface area contributed by atoms with Gasteiger partial charge < -0.3 is 37.5 Å². The predicted octanol–water partition coefficient (Wildman–Crippen LogP) is -2.63. The number of nitrogens with zero attached hydrogens (tertiary/aromatic N) is 1. The number of hydrogen-bond acceptors (Lipinski definition) is 7. The summed E-state index contributed by atoms with van der Waals surface area (Å²) < 4.78 is 0. The Balaban J connectivity index is 2.82. The normalized spacial score (nSPS) is 14.7. The zero-order chi connectivity index (χ0) is 23.7. The van der Waals surface area contributed by atoms with Gasteiger partial charge in [0.05, 0.1) is 18.8 Å². The maximum absolute atomic E-state index is 12.6. The molecule has 0 aliphatic rings. The number of carbonyl (C=O) groups is 5. The number of amides is 4. The number of hydrogen-bond donors (Lipinski definition) is 7. The van der Waals surface area contributed by atoms with Crippen molar-refractivity contribution in [2.75, 3.05) is 0 Å². The van der Waals surface area contributed by atoms with Crippen LogP contribution in [0.15, 0.2) is 12.5 Å². The second-order valence-electron chi connectivity index (χ2n) is 7.41. The van der Waals surface area contributed by atoms with Crippen molar-refractivity contribution in [3.63, 3.8) is 0 Å². The van der Waals surface area contributed by atoms with Crippen molar-refractivity contribution in [1.82, 2.24) is 25.9 Å². The van der Waals surface area contributed by atoms with Crippen LogP contribution in [0.2, 0.25) is 0 Å². The molecular weight excluding hydrogens is 410 g/mol. The predicted molar refractivity (Wildman–Crippen MR) is 108 cm³/mol. The molecule has 0 aliphatic heterocycles. The highest BCUT2D eigenvalue weighted by Gasteiger charge is 2.30. The van der Waals surface area contributed by atoms with Gasteiger partial charge >= 0.3 is 5.97 Å². The van der Waals surface area contributed by atoms with Crippen LogP contribution in [-0.2, 0) is 30.4 Å². The van der Waals surface area contributed by atoms with Crippen LogP contribution in [0.25, 0.3) is 0 Å². The van der Waals surface area contributed by atoms with Gasteiger partial charge in [0.15, 0.2) is 0 Å². The molecule has 4 atom stereocenters. The van der Waals surface area contributed by atoms with Crippen molar-refractivity contribution >= 4 is 29.6 Å². The van der Waals surface area contributed by atoms with Crippen molar-refractivity contribution in [3.05, 3.63) is 18.2 Å². The molecule has 31 heavy (non-hydrogen) atoms. The van der Waals surface area contributed by atoms with Gasteiger partial charge in [0.25, 0.3) is 0 Å². The third-order valence-corrected chi connectivity index (χ3v) is 4.40. The van der Waals surface area contributed by atoms with Crippen molar-refractivity contribution < 1.29 is 29.1 Å². The van der Waals surface area contributed by atoms with E-state index in [1.54, 1.807) is 13.8 Å². The van der Waals surface area contributed by atoms with Gasteiger partial charge in [-0.2, -0.15) is 0 Å². The summed E-state index contributed by atoms with van der Waals surface area (Å²) in [5.74, 6) is -4.62. The molecule has 0 bridgehead atoms. The van der Waals surface area contributed by atoms with Gasteiger partial charge in [-0.05, 0) is 12.8 Å². The highest BCUT2D eigenvalue weighted by Crippen LogP contribution is 2.02. The smallest absolute Gasteiger partial charge is 0.326 e. The number of aliphatic carboxylic acids is 1. The lowest BCUT2D eigenvalue weighted by Crippen LogP contribution is -2.57. The van der Waals surface area contributed by atoms with Gasteiger partial charge in [0.2, 0.25) is 23.6 Å². The summed E-state index contributed by atoms with van der Waals surface area (Å²) >= 11 is 0. The van der Waals surface area contributed by atoms with Crippen LogP contribution in [0, 0.1) is 5.92 Å². The second kappa shape index (κ2) is 11.6. The summed E-state index contributed by atoms with van der Waals surface area (Å²) in [4.78, 5) is 66.3. The number of nitrogens with one attached hydrogen (secondary N) is 4. The third kappa shape index (κ3) is 8.42. The molecule has 0 radical (unpaired) electrons. The minimum Gasteiger partial charge on any atom is -0.480 e. The quantitative estimate of drug-likeness (QED) is 0.182. The first-order valence-electron chi connectivity index (χ1n) is 9.57. The highest BCUT2D eigenvalue weighted by molar-refractivity contribution is 5.96. The first-order valence-corrected chi connectivity index (χ1v) is 9.57. The van der Waals surface area contributed by atoms with Gasteiger partial charge in [-0.3, -0.25) is 19.2 Å². The molecule has 9 N–H and O–H groups in total. The SMILES string of the molecule is CC(NC(=O)C(N)C(C)C)C(=O)NC(CC(N)=O)C(=O)NC(Cc1cnc[nH]1)C(=O)O. The molecule has 0 saturated heterocycles. The topological polar surface area (TPSA) is 222 Å². The van der Waals surface area contributed by atoms with E-state index in [1.165, 1.54) is 19.4 Å². The number of aromatic nitrogens is 2. The Morgan fingerprint density at radius 3 is 2.13 bits per heavy atom. The second-order valence-corrected chi connectivity index (χ2v) is 7.41. The van der Waals surface area contributed by atoms with E-state index in [1.807, 2.05) is 0 Å². The lowest BCUT2D eigenvalue weighted by Gasteiger charge is -2.23. The van der Waals surface area contributed by atoms with Crippen LogP contribution >= 0.6 is 0 Å². The first-order chi connectivity index (χ1) is 14.4. The van der Waals surface area contributed by atoms with Gasteiger partial charge in [0.1, 0.15) is 18.1 Å². The molecule has 0 aromatic carbocycles. The Bertz CT molecular complexity index is 795. The number of rotatable bonds is 12. The zero-order valence-electron chi connectivity index (χ0n) is 17.5. The summed E-state index contributed by atoms with van der Waals surface area (Å²) in [7, 11) is 0. The number of carbonyl (C=O) groups excluding carboxylic acids is 4. The van der Waals surface area contributed by atoms with Crippen molar-refractivity contribution in [3.8, 4) is 0 Å². The summed E-state index contributed by atoms with van der Waals surface area (Å²) in [5, 5.41) is 16.3. The van der Waals surface area contributed by atoms with Gasteiger partial charge in [-0.15, -0.1) is 0 Å². The van der Waals surface area contributed by atoms with E-state index in [-0.39, 0.29) is 12.3 Å². The molecule has 13 heteroatoms. The van der Waals surface area contributed by atoms with Crippen molar-refractivity contribution in [2.24, 2.45) is 17.4 Å². The Kier molecular flexibility index (Phi) is 9.60. The van der Waals surface area contributed by atoms with Crippen molar-refractivity contribution in [2.45, 2.75) is 57.8 Å². The molecule has 0 aliphatic carbocycles. The minimum absolute atomic E-state index is 0.0993. The van der Waals surface area contributed by atoms with E-state index in [9.17, 15) is 29.1 Å². The first kappa shape index (κ1) is 25.6. The molecule has 4 amide bonds. The molecular formula is C18H29N7O6. The van der Waals surface area contributed by atoms with Crippen LogP contribution in [0.5, 0.6) is 0 Å². The Labute approximate surface area is 178 Å². The average Bonchev–Trinajstić information content (AvgIpc) is 3.18. The number of aromatic amines is 1. The van der Waals surface area contributed by atoms with E-state index in [0.29, 0.717) is 5.69 Å². The van der Waals surface area contributed by atoms with Crippen LogP contribution in [0.4, 0.5) is 0 Å². The van der Waals surface area contributed by atoms with E-state index >= 15 is 0 Å². The van der Waals surface area contributed by atoms with E-state index in [0.717, 1.165) is 0 Å². The molecule has 0 saturated carbocycles. The van der Waals surface area contributed by atoms with Crippen LogP contribution < -0.4 is 27.4 Å². The molecule has 1 rings (SSSR count). The zero-order valence-corrected chi connectivity index (χ0v) is 17.5.